The monoisotopic (exact) mass is 262 g/mol. The first-order chi connectivity index (χ1) is 8.66. The molecule has 2 N–H and O–H groups in total. The summed E-state index contributed by atoms with van der Waals surface area (Å²) in [7, 11) is 1.91. The second kappa shape index (κ2) is 3.98. The topological polar surface area (TPSA) is 95.7 Å². The van der Waals surface area contributed by atoms with Crippen molar-refractivity contribution in [1.29, 1.82) is 0 Å². The number of hydrogen-bond donors (Lipinski definition) is 1. The van der Waals surface area contributed by atoms with Gasteiger partial charge in [0, 0.05) is 11.9 Å². The van der Waals surface area contributed by atoms with E-state index in [0.29, 0.717) is 16.7 Å². The van der Waals surface area contributed by atoms with Gasteiger partial charge in [-0.25, -0.2) is 4.63 Å². The molecule has 0 radical (unpaired) electrons. The minimum atomic E-state index is 0.546. The molecule has 7 nitrogen and oxygen atoms in total. The number of nitrogens with zero attached hydrogens (tertiary/aromatic N) is 5. The Morgan fingerprint density at radius 2 is 2.00 bits per heavy atom. The molecule has 18 heavy (non-hydrogen) atoms. The van der Waals surface area contributed by atoms with E-state index in [0.717, 1.165) is 15.9 Å². The average molecular weight is 262 g/mol. The summed E-state index contributed by atoms with van der Waals surface area (Å²) in [6.45, 7) is 1.90. The van der Waals surface area contributed by atoms with Gasteiger partial charge < -0.3 is 10.3 Å². The highest BCUT2D eigenvalue weighted by atomic mass is 32.2. The van der Waals surface area contributed by atoms with Gasteiger partial charge in [-0.15, -0.1) is 10.2 Å². The Balaban J connectivity index is 2.08. The van der Waals surface area contributed by atoms with Crippen LogP contribution in [0.15, 0.2) is 26.8 Å². The Bertz CT molecular complexity index is 718. The van der Waals surface area contributed by atoms with Gasteiger partial charge in [0.2, 0.25) is 0 Å². The number of nitrogens with two attached hydrogens (primary N) is 1. The van der Waals surface area contributed by atoms with Gasteiger partial charge >= 0.3 is 0 Å². The van der Waals surface area contributed by atoms with Crippen molar-refractivity contribution in [3.63, 3.8) is 0 Å². The van der Waals surface area contributed by atoms with E-state index in [2.05, 4.69) is 20.5 Å². The van der Waals surface area contributed by atoms with Crippen LogP contribution < -0.4 is 5.73 Å². The summed E-state index contributed by atoms with van der Waals surface area (Å²) in [5.74, 6) is 0.850. The van der Waals surface area contributed by atoms with E-state index in [1.54, 1.807) is 6.07 Å². The third kappa shape index (κ3) is 1.61. The molecule has 3 aromatic rings. The van der Waals surface area contributed by atoms with Crippen LogP contribution >= 0.6 is 11.8 Å². The normalized spacial score (nSPS) is 11.2. The number of benzene rings is 1. The lowest BCUT2D eigenvalue weighted by Gasteiger charge is -2.02. The highest BCUT2D eigenvalue weighted by Gasteiger charge is 2.14. The number of hydrogen-bond acceptors (Lipinski definition) is 7. The van der Waals surface area contributed by atoms with Crippen LogP contribution in [0, 0.1) is 6.92 Å². The van der Waals surface area contributed by atoms with Crippen molar-refractivity contribution in [3.8, 4) is 0 Å². The lowest BCUT2D eigenvalue weighted by atomic mass is 10.3. The molecule has 8 heteroatoms. The zero-order valence-electron chi connectivity index (χ0n) is 9.78. The highest BCUT2D eigenvalue weighted by molar-refractivity contribution is 7.99. The fraction of sp³-hybridized carbons (Fsp3) is 0.200. The van der Waals surface area contributed by atoms with Gasteiger partial charge in [-0.1, -0.05) is 0 Å². The Labute approximate surface area is 106 Å². The maximum atomic E-state index is 5.79. The molecular formula is C10H10N6OS. The van der Waals surface area contributed by atoms with Gasteiger partial charge in [0.1, 0.15) is 5.82 Å². The van der Waals surface area contributed by atoms with Crippen molar-refractivity contribution >= 4 is 28.5 Å². The van der Waals surface area contributed by atoms with Gasteiger partial charge in [-0.2, -0.15) is 0 Å². The van der Waals surface area contributed by atoms with Crippen molar-refractivity contribution in [2.24, 2.45) is 7.05 Å². The molecule has 0 fully saturated rings. The molecule has 0 saturated carbocycles. The van der Waals surface area contributed by atoms with Crippen LogP contribution in [0.2, 0.25) is 0 Å². The minimum Gasteiger partial charge on any atom is -0.397 e. The van der Waals surface area contributed by atoms with E-state index in [9.17, 15) is 0 Å². The van der Waals surface area contributed by atoms with Crippen LogP contribution in [-0.2, 0) is 7.05 Å². The molecule has 0 unspecified atom stereocenters. The summed E-state index contributed by atoms with van der Waals surface area (Å²) in [6, 6.07) is 3.65. The zero-order valence-corrected chi connectivity index (χ0v) is 10.6. The molecule has 0 amide bonds. The van der Waals surface area contributed by atoms with Crippen molar-refractivity contribution in [2.45, 2.75) is 17.0 Å². The van der Waals surface area contributed by atoms with Gasteiger partial charge in [0.05, 0.1) is 5.69 Å². The average Bonchev–Trinajstić information content (AvgIpc) is 2.95. The molecular weight excluding hydrogens is 252 g/mol. The minimum absolute atomic E-state index is 0.546. The van der Waals surface area contributed by atoms with E-state index in [1.165, 1.54) is 11.8 Å². The third-order valence-electron chi connectivity index (χ3n) is 2.66. The van der Waals surface area contributed by atoms with E-state index in [-0.39, 0.29) is 0 Å². The lowest BCUT2D eigenvalue weighted by molar-refractivity contribution is 0.315. The molecule has 0 aliphatic rings. The molecule has 0 aliphatic carbocycles. The van der Waals surface area contributed by atoms with Crippen molar-refractivity contribution < 1.29 is 4.63 Å². The summed E-state index contributed by atoms with van der Waals surface area (Å²) in [5.41, 5.74) is 7.55. The lowest BCUT2D eigenvalue weighted by Crippen LogP contribution is -1.94. The van der Waals surface area contributed by atoms with Crippen LogP contribution in [0.1, 0.15) is 5.82 Å². The predicted octanol–water partition coefficient (Wildman–Crippen LogP) is 1.39. The summed E-state index contributed by atoms with van der Waals surface area (Å²) in [4.78, 5) is 0.885. The number of fused-ring (bicyclic) bond motifs is 1. The Morgan fingerprint density at radius 3 is 2.72 bits per heavy atom. The molecule has 0 bridgehead atoms. The van der Waals surface area contributed by atoms with Crippen LogP contribution in [0.4, 0.5) is 5.69 Å². The first-order valence-corrected chi connectivity index (χ1v) is 6.03. The van der Waals surface area contributed by atoms with Crippen molar-refractivity contribution in [2.75, 3.05) is 5.73 Å². The van der Waals surface area contributed by atoms with Crippen LogP contribution in [0.3, 0.4) is 0 Å². The second-order valence-corrected chi connectivity index (χ2v) is 4.81. The molecule has 1 aromatic carbocycles. The van der Waals surface area contributed by atoms with Crippen molar-refractivity contribution in [1.82, 2.24) is 25.1 Å². The number of anilines is 1. The first kappa shape index (κ1) is 11.0. The third-order valence-corrected chi connectivity index (χ3v) is 3.75. The Kier molecular flexibility index (Phi) is 2.44. The maximum absolute atomic E-state index is 5.79. The van der Waals surface area contributed by atoms with Gasteiger partial charge in [0.15, 0.2) is 16.2 Å². The second-order valence-electron chi connectivity index (χ2n) is 3.81. The number of aromatic nitrogens is 5. The smallest absolute Gasteiger partial charge is 0.195 e. The van der Waals surface area contributed by atoms with Gasteiger partial charge in [0.25, 0.3) is 0 Å². The molecule has 0 spiro atoms. The molecule has 0 atom stereocenters. The van der Waals surface area contributed by atoms with Crippen LogP contribution in [-0.4, -0.2) is 25.1 Å². The first-order valence-electron chi connectivity index (χ1n) is 5.21. The Hall–Kier alpha value is -2.09. The van der Waals surface area contributed by atoms with Crippen molar-refractivity contribution in [3.05, 3.63) is 18.0 Å². The van der Waals surface area contributed by atoms with Crippen LogP contribution in [0.25, 0.3) is 11.0 Å². The fourth-order valence-electron chi connectivity index (χ4n) is 1.52. The molecule has 2 heterocycles. The standard InChI is InChI=1S/C10H10N6OS/c1-5-12-13-10(16(5)2)18-7-4-3-6(11)8-9(7)15-17-14-8/h3-4H,11H2,1-2H3. The number of nitrogen functional groups attached to an aromatic ring is 1. The summed E-state index contributed by atoms with van der Waals surface area (Å²) in [6.07, 6.45) is 0. The fourth-order valence-corrected chi connectivity index (χ4v) is 2.43. The van der Waals surface area contributed by atoms with Gasteiger partial charge in [-0.3, -0.25) is 0 Å². The molecule has 0 aliphatic heterocycles. The quantitative estimate of drug-likeness (QED) is 0.697. The zero-order chi connectivity index (χ0) is 12.7. The predicted molar refractivity (Wildman–Crippen MR) is 66.1 cm³/mol. The number of aryl methyl sites for hydroxylation is 1. The largest absolute Gasteiger partial charge is 0.397 e. The highest BCUT2D eigenvalue weighted by Crippen LogP contribution is 2.33. The molecule has 2 aromatic heterocycles. The molecule has 0 saturated heterocycles. The molecule has 92 valence electrons. The Morgan fingerprint density at radius 1 is 1.22 bits per heavy atom. The summed E-state index contributed by atoms with van der Waals surface area (Å²) < 4.78 is 6.63. The van der Waals surface area contributed by atoms with E-state index >= 15 is 0 Å². The molecule has 3 rings (SSSR count). The van der Waals surface area contributed by atoms with Crippen LogP contribution in [0.5, 0.6) is 0 Å². The van der Waals surface area contributed by atoms with E-state index in [4.69, 9.17) is 10.4 Å². The summed E-state index contributed by atoms with van der Waals surface area (Å²) in [5, 5.41) is 16.5. The van der Waals surface area contributed by atoms with E-state index < -0.39 is 0 Å². The SMILES string of the molecule is Cc1nnc(Sc2ccc(N)c3nonc23)n1C. The number of rotatable bonds is 2. The van der Waals surface area contributed by atoms with E-state index in [1.807, 2.05) is 24.6 Å². The maximum Gasteiger partial charge on any atom is 0.195 e. The summed E-state index contributed by atoms with van der Waals surface area (Å²) >= 11 is 1.45. The van der Waals surface area contributed by atoms with Gasteiger partial charge in [-0.05, 0) is 41.1 Å².